The van der Waals surface area contributed by atoms with Gasteiger partial charge in [0.15, 0.2) is 5.82 Å². The van der Waals surface area contributed by atoms with Crippen LogP contribution in [-0.4, -0.2) is 41.0 Å². The van der Waals surface area contributed by atoms with Crippen LogP contribution in [-0.2, 0) is 16.1 Å². The van der Waals surface area contributed by atoms with Crippen LogP contribution in [0.25, 0.3) is 0 Å². The molecule has 1 saturated carbocycles. The van der Waals surface area contributed by atoms with Gasteiger partial charge in [-0.25, -0.2) is 9.97 Å². The third-order valence-electron chi connectivity index (χ3n) is 6.20. The summed E-state index contributed by atoms with van der Waals surface area (Å²) in [6.07, 6.45) is 6.93. The molecule has 2 aliphatic heterocycles. The van der Waals surface area contributed by atoms with E-state index in [9.17, 15) is 4.79 Å². The molecule has 2 fully saturated rings. The van der Waals surface area contributed by atoms with Gasteiger partial charge in [0.05, 0.1) is 18.7 Å². The van der Waals surface area contributed by atoms with Crippen LogP contribution in [0.2, 0.25) is 0 Å². The smallest absolute Gasteiger partial charge is 0.309 e. The molecule has 0 spiro atoms. The third kappa shape index (κ3) is 3.26. The highest BCUT2D eigenvalue weighted by atomic mass is 32.2. The number of anilines is 2. The Bertz CT molecular complexity index is 892. The lowest BCUT2D eigenvalue weighted by atomic mass is 9.69. The van der Waals surface area contributed by atoms with Crippen LogP contribution in [0.4, 0.5) is 11.5 Å². The van der Waals surface area contributed by atoms with Crippen molar-refractivity contribution in [3.63, 3.8) is 0 Å². The molecule has 28 heavy (non-hydrogen) atoms. The Hall–Kier alpha value is -2.12. The van der Waals surface area contributed by atoms with Gasteiger partial charge in [-0.1, -0.05) is 24.2 Å². The number of fused-ring (bicyclic) bond motifs is 4. The number of ether oxygens (including phenoxy) is 1. The largest absolute Gasteiger partial charge is 0.469 e. The molecular weight excluding hydrogens is 372 g/mol. The molecular formula is C21H24N4O2S. The van der Waals surface area contributed by atoms with Gasteiger partial charge in [-0.3, -0.25) is 9.69 Å². The molecule has 2 unspecified atom stereocenters. The predicted octanol–water partition coefficient (Wildman–Crippen LogP) is 3.71. The Balaban J connectivity index is 1.31. The van der Waals surface area contributed by atoms with E-state index in [-0.39, 0.29) is 11.9 Å². The van der Waals surface area contributed by atoms with E-state index in [1.807, 2.05) is 0 Å². The van der Waals surface area contributed by atoms with E-state index < -0.39 is 0 Å². The Kier molecular flexibility index (Phi) is 4.72. The van der Waals surface area contributed by atoms with Crippen LogP contribution in [0.15, 0.2) is 40.5 Å². The van der Waals surface area contributed by atoms with Crippen molar-refractivity contribution >= 4 is 29.2 Å². The Morgan fingerprint density at radius 3 is 2.82 bits per heavy atom. The molecule has 1 N–H and O–H groups in total. The van der Waals surface area contributed by atoms with Gasteiger partial charge in [-0.2, -0.15) is 0 Å². The van der Waals surface area contributed by atoms with Gasteiger partial charge in [0, 0.05) is 36.9 Å². The lowest BCUT2D eigenvalue weighted by Crippen LogP contribution is -2.51. The topological polar surface area (TPSA) is 67.3 Å². The second-order valence-electron chi connectivity index (χ2n) is 7.96. The fourth-order valence-electron chi connectivity index (χ4n) is 5.02. The highest BCUT2D eigenvalue weighted by Crippen LogP contribution is 2.43. The van der Waals surface area contributed by atoms with Crippen molar-refractivity contribution in [3.8, 4) is 0 Å². The zero-order valence-corrected chi connectivity index (χ0v) is 16.7. The predicted molar refractivity (Wildman–Crippen MR) is 107 cm³/mol. The number of methoxy groups -OCH3 is 1. The molecule has 1 saturated heterocycles. The van der Waals surface area contributed by atoms with E-state index in [1.165, 1.54) is 24.0 Å². The first-order valence-electron chi connectivity index (χ1n) is 9.90. The van der Waals surface area contributed by atoms with E-state index in [0.717, 1.165) is 49.0 Å². The maximum Gasteiger partial charge on any atom is 0.309 e. The van der Waals surface area contributed by atoms with E-state index in [0.29, 0.717) is 11.8 Å². The van der Waals surface area contributed by atoms with Crippen molar-refractivity contribution < 1.29 is 9.53 Å². The molecule has 2 aromatic rings. The molecule has 146 valence electrons. The molecule has 2 atom stereocenters. The minimum atomic E-state index is -0.0101. The molecule has 6 nitrogen and oxygen atoms in total. The zero-order chi connectivity index (χ0) is 19.1. The maximum absolute atomic E-state index is 12.2. The molecule has 5 rings (SSSR count). The number of esters is 1. The quantitative estimate of drug-likeness (QED) is 0.677. The summed E-state index contributed by atoms with van der Waals surface area (Å²) >= 11 is 1.66. The van der Waals surface area contributed by atoms with Crippen LogP contribution in [0.5, 0.6) is 0 Å². The van der Waals surface area contributed by atoms with Crippen molar-refractivity contribution in [1.29, 1.82) is 0 Å². The summed E-state index contributed by atoms with van der Waals surface area (Å²) in [6, 6.07) is 6.60. The van der Waals surface area contributed by atoms with Crippen molar-refractivity contribution in [2.45, 2.75) is 35.7 Å². The first-order valence-corrected chi connectivity index (χ1v) is 10.7. The summed E-state index contributed by atoms with van der Waals surface area (Å²) in [7, 11) is 1.52. The molecule has 7 heteroatoms. The van der Waals surface area contributed by atoms with Gasteiger partial charge < -0.3 is 10.1 Å². The number of aromatic nitrogens is 2. The number of carbonyl (C=O) groups is 1. The molecule has 1 aliphatic carbocycles. The van der Waals surface area contributed by atoms with Crippen LogP contribution in [0.1, 0.15) is 24.8 Å². The van der Waals surface area contributed by atoms with Gasteiger partial charge in [0.25, 0.3) is 0 Å². The Morgan fingerprint density at radius 2 is 2.04 bits per heavy atom. The van der Waals surface area contributed by atoms with Gasteiger partial charge >= 0.3 is 5.97 Å². The van der Waals surface area contributed by atoms with Crippen molar-refractivity contribution in [2.75, 3.05) is 25.5 Å². The summed E-state index contributed by atoms with van der Waals surface area (Å²) in [5.74, 6) is 1.75. The average molecular weight is 397 g/mol. The maximum atomic E-state index is 12.2. The van der Waals surface area contributed by atoms with E-state index in [2.05, 4.69) is 38.4 Å². The summed E-state index contributed by atoms with van der Waals surface area (Å²) in [4.78, 5) is 24.7. The fraction of sp³-hybridized carbons (Fsp3) is 0.476. The van der Waals surface area contributed by atoms with E-state index in [4.69, 9.17) is 4.74 Å². The molecule has 1 aromatic heterocycles. The minimum absolute atomic E-state index is 0.0101. The SMILES string of the molecule is COC(=O)C1C2CCCC1CN(Cc1ccc3c(c1)Nc1nccnc1S3)C2. The lowest BCUT2D eigenvalue weighted by molar-refractivity contribution is -0.155. The van der Waals surface area contributed by atoms with Gasteiger partial charge in [-0.05, 0) is 42.4 Å². The Labute approximate surface area is 169 Å². The minimum Gasteiger partial charge on any atom is -0.469 e. The number of rotatable bonds is 3. The van der Waals surface area contributed by atoms with Crippen molar-refractivity contribution in [3.05, 3.63) is 36.2 Å². The van der Waals surface area contributed by atoms with Crippen LogP contribution >= 0.6 is 11.8 Å². The first kappa shape index (κ1) is 17.9. The number of likely N-dealkylation sites (tertiary alicyclic amines) is 1. The van der Waals surface area contributed by atoms with Crippen LogP contribution < -0.4 is 5.32 Å². The van der Waals surface area contributed by atoms with E-state index >= 15 is 0 Å². The van der Waals surface area contributed by atoms with Gasteiger partial charge in [-0.15, -0.1) is 0 Å². The number of carbonyl (C=O) groups excluding carboxylic acids is 1. The van der Waals surface area contributed by atoms with Gasteiger partial charge in [0.1, 0.15) is 5.03 Å². The average Bonchev–Trinajstić information content (AvgIpc) is 2.71. The van der Waals surface area contributed by atoms with Crippen molar-refractivity contribution in [2.24, 2.45) is 17.8 Å². The molecule has 0 radical (unpaired) electrons. The number of nitrogens with one attached hydrogen (secondary N) is 1. The van der Waals surface area contributed by atoms with Crippen LogP contribution in [0.3, 0.4) is 0 Å². The van der Waals surface area contributed by atoms with Crippen molar-refractivity contribution in [1.82, 2.24) is 14.9 Å². The molecule has 3 heterocycles. The molecule has 1 aromatic carbocycles. The summed E-state index contributed by atoms with van der Waals surface area (Å²) in [5.41, 5.74) is 2.38. The molecule has 0 amide bonds. The standard InChI is InChI=1S/C21H24N4O2S/c1-27-21(26)18-14-3-2-4-15(18)12-25(11-14)10-13-5-6-17-16(9-13)24-19-20(28-17)23-8-7-22-19/h5-9,14-15,18H,2-4,10-12H2,1H3,(H,22,24). The second kappa shape index (κ2) is 7.37. The number of hydrogen-bond acceptors (Lipinski definition) is 7. The normalized spacial score (nSPS) is 26.0. The number of piperidine rings is 1. The summed E-state index contributed by atoms with van der Waals surface area (Å²) in [5, 5.41) is 4.33. The molecule has 2 bridgehead atoms. The van der Waals surface area contributed by atoms with Gasteiger partial charge in [0.2, 0.25) is 0 Å². The number of benzene rings is 1. The monoisotopic (exact) mass is 396 g/mol. The first-order chi connectivity index (χ1) is 13.7. The second-order valence-corrected chi connectivity index (χ2v) is 8.99. The lowest BCUT2D eigenvalue weighted by Gasteiger charge is -2.46. The zero-order valence-electron chi connectivity index (χ0n) is 15.9. The highest BCUT2D eigenvalue weighted by Gasteiger charge is 2.43. The Morgan fingerprint density at radius 1 is 1.25 bits per heavy atom. The fourth-order valence-corrected chi connectivity index (χ4v) is 5.90. The highest BCUT2D eigenvalue weighted by molar-refractivity contribution is 7.99. The summed E-state index contributed by atoms with van der Waals surface area (Å²) in [6.45, 7) is 2.86. The number of nitrogens with zero attached hydrogens (tertiary/aromatic N) is 3. The molecule has 3 aliphatic rings. The van der Waals surface area contributed by atoms with Crippen LogP contribution in [0, 0.1) is 17.8 Å². The van der Waals surface area contributed by atoms with E-state index in [1.54, 1.807) is 24.2 Å². The number of hydrogen-bond donors (Lipinski definition) is 1. The third-order valence-corrected chi connectivity index (χ3v) is 7.27. The summed E-state index contributed by atoms with van der Waals surface area (Å²) < 4.78 is 5.09.